The summed E-state index contributed by atoms with van der Waals surface area (Å²) in [7, 11) is -3.52. The van der Waals surface area contributed by atoms with Gasteiger partial charge in [0.05, 0.1) is 11.9 Å². The van der Waals surface area contributed by atoms with Gasteiger partial charge in [0.25, 0.3) is 0 Å². The zero-order chi connectivity index (χ0) is 22.4. The third kappa shape index (κ3) is 7.58. The fraction of sp³-hybridized carbons (Fsp3) is 0.350. The van der Waals surface area contributed by atoms with Gasteiger partial charge in [0, 0.05) is 18.7 Å². The molecule has 2 rings (SSSR count). The van der Waals surface area contributed by atoms with Crippen LogP contribution in [-0.2, 0) is 21.2 Å². The highest BCUT2D eigenvalue weighted by Crippen LogP contribution is 2.24. The maximum absolute atomic E-state index is 12.2. The molecule has 0 unspecified atom stereocenters. The highest BCUT2D eigenvalue weighted by molar-refractivity contribution is 7.92. The van der Waals surface area contributed by atoms with E-state index >= 15 is 0 Å². The number of sulfonamides is 1. The number of carbonyl (C=O) groups excluding carboxylic acids is 1. The van der Waals surface area contributed by atoms with E-state index in [2.05, 4.69) is 10.1 Å². The van der Waals surface area contributed by atoms with Crippen LogP contribution in [0.25, 0.3) is 0 Å². The largest absolute Gasteiger partial charge is 0.573 e. The number of nitrogens with one attached hydrogen (secondary N) is 1. The fourth-order valence-electron chi connectivity index (χ4n) is 2.73. The number of hydrogen-bond acceptors (Lipinski definition) is 4. The first kappa shape index (κ1) is 23.5. The Bertz CT molecular complexity index is 944. The van der Waals surface area contributed by atoms with Crippen molar-refractivity contribution in [2.75, 3.05) is 22.4 Å². The monoisotopic (exact) mass is 444 g/mol. The predicted molar refractivity (Wildman–Crippen MR) is 109 cm³/mol. The van der Waals surface area contributed by atoms with Crippen LogP contribution in [0.3, 0.4) is 0 Å². The minimum atomic E-state index is -4.78. The molecule has 0 heterocycles. The van der Waals surface area contributed by atoms with Crippen LogP contribution < -0.4 is 14.4 Å². The quantitative estimate of drug-likeness (QED) is 0.625. The molecule has 0 spiro atoms. The van der Waals surface area contributed by atoms with Crippen LogP contribution in [0.15, 0.2) is 48.5 Å². The van der Waals surface area contributed by atoms with E-state index in [1.807, 2.05) is 19.1 Å². The number of aryl methyl sites for hydroxylation is 1. The van der Waals surface area contributed by atoms with Crippen LogP contribution in [0.2, 0.25) is 0 Å². The van der Waals surface area contributed by atoms with Crippen LogP contribution in [0.5, 0.6) is 5.75 Å². The van der Waals surface area contributed by atoms with Crippen LogP contribution >= 0.6 is 0 Å². The molecule has 1 amide bonds. The molecule has 1 N–H and O–H groups in total. The number of rotatable bonds is 9. The highest BCUT2D eigenvalue weighted by atomic mass is 32.2. The Kier molecular flexibility index (Phi) is 7.71. The van der Waals surface area contributed by atoms with Gasteiger partial charge in [-0.05, 0) is 54.8 Å². The third-order valence-electron chi connectivity index (χ3n) is 4.17. The zero-order valence-electron chi connectivity index (χ0n) is 16.6. The molecule has 30 heavy (non-hydrogen) atoms. The van der Waals surface area contributed by atoms with Gasteiger partial charge in [0.15, 0.2) is 0 Å². The van der Waals surface area contributed by atoms with E-state index in [1.165, 1.54) is 16.4 Å². The van der Waals surface area contributed by atoms with E-state index in [1.54, 1.807) is 12.1 Å². The van der Waals surface area contributed by atoms with Crippen LogP contribution in [0.4, 0.5) is 24.5 Å². The SMILES string of the molecule is CCc1ccc(N(CCCC(=O)Nc2ccc(OC(F)(F)F)cc2)S(C)(=O)=O)cc1. The number of nitrogens with zero attached hydrogens (tertiary/aromatic N) is 1. The summed E-state index contributed by atoms with van der Waals surface area (Å²) in [5, 5.41) is 2.56. The minimum Gasteiger partial charge on any atom is -0.406 e. The van der Waals surface area contributed by atoms with Gasteiger partial charge >= 0.3 is 6.36 Å². The molecule has 0 aliphatic carbocycles. The molecule has 6 nitrogen and oxygen atoms in total. The number of amides is 1. The Labute approximate surface area is 173 Å². The van der Waals surface area contributed by atoms with Gasteiger partial charge in [-0.2, -0.15) is 0 Å². The second-order valence-electron chi connectivity index (χ2n) is 6.58. The Hall–Kier alpha value is -2.75. The van der Waals surface area contributed by atoms with Gasteiger partial charge in [0.1, 0.15) is 5.75 Å². The summed E-state index contributed by atoms with van der Waals surface area (Å²) < 4.78 is 65.7. The fourth-order valence-corrected chi connectivity index (χ4v) is 3.70. The van der Waals surface area contributed by atoms with Crippen molar-refractivity contribution in [3.05, 3.63) is 54.1 Å². The average Bonchev–Trinajstić information content (AvgIpc) is 2.65. The molecular weight excluding hydrogens is 421 g/mol. The summed E-state index contributed by atoms with van der Waals surface area (Å²) in [5.41, 5.74) is 1.92. The maximum Gasteiger partial charge on any atom is 0.573 e. The molecule has 0 atom stereocenters. The van der Waals surface area contributed by atoms with E-state index in [0.29, 0.717) is 11.4 Å². The Morgan fingerprint density at radius 2 is 1.67 bits per heavy atom. The molecule has 2 aromatic rings. The van der Waals surface area contributed by atoms with E-state index in [0.717, 1.165) is 30.4 Å². The van der Waals surface area contributed by atoms with Gasteiger partial charge in [-0.15, -0.1) is 13.2 Å². The first-order valence-electron chi connectivity index (χ1n) is 9.20. The molecule has 0 bridgehead atoms. The number of benzene rings is 2. The summed E-state index contributed by atoms with van der Waals surface area (Å²) in [4.78, 5) is 12.1. The zero-order valence-corrected chi connectivity index (χ0v) is 17.4. The molecular formula is C20H23F3N2O4S. The number of alkyl halides is 3. The highest BCUT2D eigenvalue weighted by Gasteiger charge is 2.31. The smallest absolute Gasteiger partial charge is 0.406 e. The average molecular weight is 444 g/mol. The summed E-state index contributed by atoms with van der Waals surface area (Å²) in [6.07, 6.45) is -2.54. The number of halogens is 3. The molecule has 0 aliphatic heterocycles. The van der Waals surface area contributed by atoms with Crippen LogP contribution in [-0.4, -0.2) is 33.5 Å². The normalized spacial score (nSPS) is 11.8. The number of hydrogen-bond donors (Lipinski definition) is 1. The van der Waals surface area contributed by atoms with E-state index in [4.69, 9.17) is 0 Å². The predicted octanol–water partition coefficient (Wildman–Crippen LogP) is 4.33. The number of anilines is 2. The lowest BCUT2D eigenvalue weighted by molar-refractivity contribution is -0.274. The van der Waals surface area contributed by atoms with Crippen molar-refractivity contribution >= 4 is 27.3 Å². The van der Waals surface area contributed by atoms with E-state index in [-0.39, 0.29) is 25.3 Å². The molecule has 0 saturated carbocycles. The molecule has 0 saturated heterocycles. The number of ether oxygens (including phenoxy) is 1. The topological polar surface area (TPSA) is 75.7 Å². The molecule has 2 aromatic carbocycles. The molecule has 0 aliphatic rings. The summed E-state index contributed by atoms with van der Waals surface area (Å²) >= 11 is 0. The van der Waals surface area contributed by atoms with Crippen molar-refractivity contribution in [3.63, 3.8) is 0 Å². The minimum absolute atomic E-state index is 0.0415. The summed E-state index contributed by atoms with van der Waals surface area (Å²) in [6.45, 7) is 2.12. The van der Waals surface area contributed by atoms with Crippen molar-refractivity contribution in [3.8, 4) is 5.75 Å². The first-order chi connectivity index (χ1) is 14.0. The molecule has 0 fully saturated rings. The van der Waals surface area contributed by atoms with Crippen molar-refractivity contribution < 1.29 is 31.1 Å². The van der Waals surface area contributed by atoms with E-state index in [9.17, 15) is 26.4 Å². The van der Waals surface area contributed by atoms with Gasteiger partial charge < -0.3 is 10.1 Å². The lowest BCUT2D eigenvalue weighted by Gasteiger charge is -2.22. The Morgan fingerprint density at radius 3 is 2.17 bits per heavy atom. The first-order valence-corrected chi connectivity index (χ1v) is 11.0. The maximum atomic E-state index is 12.2. The van der Waals surface area contributed by atoms with Gasteiger partial charge in [-0.3, -0.25) is 9.10 Å². The summed E-state index contributed by atoms with van der Waals surface area (Å²) in [5.74, 6) is -0.771. The van der Waals surface area contributed by atoms with Gasteiger partial charge in [-0.1, -0.05) is 19.1 Å². The third-order valence-corrected chi connectivity index (χ3v) is 5.36. The standard InChI is InChI=1S/C20H23F3N2O4S/c1-3-15-6-10-17(11-7-15)25(30(2,27)28)14-4-5-19(26)24-16-8-12-18(13-9-16)29-20(21,22)23/h6-13H,3-5,14H2,1-2H3,(H,24,26). The van der Waals surface area contributed by atoms with Crippen LogP contribution in [0.1, 0.15) is 25.3 Å². The second-order valence-corrected chi connectivity index (χ2v) is 8.49. The summed E-state index contributed by atoms with van der Waals surface area (Å²) in [6, 6.07) is 11.9. The van der Waals surface area contributed by atoms with Crippen molar-refractivity contribution in [2.45, 2.75) is 32.5 Å². The van der Waals surface area contributed by atoms with E-state index < -0.39 is 22.1 Å². The second kappa shape index (κ2) is 9.84. The Morgan fingerprint density at radius 1 is 1.07 bits per heavy atom. The lowest BCUT2D eigenvalue weighted by Crippen LogP contribution is -2.31. The van der Waals surface area contributed by atoms with Crippen molar-refractivity contribution in [2.24, 2.45) is 0 Å². The molecule has 10 heteroatoms. The molecule has 0 aromatic heterocycles. The Balaban J connectivity index is 1.91. The van der Waals surface area contributed by atoms with Gasteiger partial charge in [0.2, 0.25) is 15.9 Å². The van der Waals surface area contributed by atoms with Crippen molar-refractivity contribution in [1.82, 2.24) is 0 Å². The number of carbonyl (C=O) groups is 1. The van der Waals surface area contributed by atoms with Gasteiger partial charge in [-0.25, -0.2) is 8.42 Å². The lowest BCUT2D eigenvalue weighted by atomic mass is 10.1. The molecule has 164 valence electrons. The van der Waals surface area contributed by atoms with Crippen LogP contribution in [0, 0.1) is 0 Å². The van der Waals surface area contributed by atoms with Crippen molar-refractivity contribution in [1.29, 1.82) is 0 Å². The molecule has 0 radical (unpaired) electrons.